The highest BCUT2D eigenvalue weighted by Gasteiger charge is 2.32. The molecular formula is C19H19NO3S. The van der Waals surface area contributed by atoms with Gasteiger partial charge in [0.25, 0.3) is 0 Å². The lowest BCUT2D eigenvalue weighted by Gasteiger charge is -2.32. The maximum atomic E-state index is 12.6. The summed E-state index contributed by atoms with van der Waals surface area (Å²) in [5.74, 6) is -1.24. The number of hydrogen-bond acceptors (Lipinski definition) is 3. The minimum atomic E-state index is -0.883. The Morgan fingerprint density at radius 3 is 2.62 bits per heavy atom. The zero-order valence-electron chi connectivity index (χ0n) is 13.4. The largest absolute Gasteiger partial charge is 0.481 e. The fourth-order valence-corrected chi connectivity index (χ4v) is 3.89. The molecule has 0 saturated carbocycles. The first-order valence-corrected chi connectivity index (χ1v) is 8.81. The van der Waals surface area contributed by atoms with Crippen LogP contribution < -0.4 is 0 Å². The first-order chi connectivity index (χ1) is 11.6. The van der Waals surface area contributed by atoms with Gasteiger partial charge in [0, 0.05) is 18.0 Å². The molecule has 5 heteroatoms. The molecule has 1 aliphatic heterocycles. The van der Waals surface area contributed by atoms with Gasteiger partial charge in [-0.25, -0.2) is 0 Å². The molecule has 4 nitrogen and oxygen atoms in total. The average Bonchev–Trinajstić information content (AvgIpc) is 2.59. The number of rotatable bonds is 4. The fraction of sp³-hybridized carbons (Fsp3) is 0.263. The predicted octanol–water partition coefficient (Wildman–Crippen LogP) is 3.30. The van der Waals surface area contributed by atoms with Gasteiger partial charge < -0.3 is 10.0 Å². The molecule has 0 aromatic heterocycles. The van der Waals surface area contributed by atoms with Gasteiger partial charge in [-0.2, -0.15) is 0 Å². The lowest BCUT2D eigenvalue weighted by molar-refractivity contribution is -0.140. The minimum absolute atomic E-state index is 0.0241. The van der Waals surface area contributed by atoms with Gasteiger partial charge in [-0.1, -0.05) is 42.5 Å². The van der Waals surface area contributed by atoms with Crippen LogP contribution in [0.3, 0.4) is 0 Å². The molecule has 1 N–H and O–H groups in total. The van der Waals surface area contributed by atoms with E-state index in [4.69, 9.17) is 0 Å². The molecule has 0 saturated heterocycles. The van der Waals surface area contributed by atoms with Crippen LogP contribution in [0.15, 0.2) is 53.4 Å². The van der Waals surface area contributed by atoms with Crippen LogP contribution in [0.4, 0.5) is 0 Å². The van der Waals surface area contributed by atoms with Crippen molar-refractivity contribution in [2.24, 2.45) is 0 Å². The van der Waals surface area contributed by atoms with Crippen LogP contribution in [0.1, 0.15) is 22.6 Å². The van der Waals surface area contributed by atoms with Crippen molar-refractivity contribution in [3.05, 3.63) is 65.2 Å². The van der Waals surface area contributed by atoms with E-state index in [-0.39, 0.29) is 12.5 Å². The van der Waals surface area contributed by atoms with Gasteiger partial charge in [0.15, 0.2) is 0 Å². The lowest BCUT2D eigenvalue weighted by atomic mass is 9.90. The quantitative estimate of drug-likeness (QED) is 0.867. The second-order valence-electron chi connectivity index (χ2n) is 5.92. The van der Waals surface area contributed by atoms with Crippen LogP contribution in [-0.4, -0.2) is 34.2 Å². The second-order valence-corrected chi connectivity index (χ2v) is 6.94. The third-order valence-electron chi connectivity index (χ3n) is 4.29. The van der Waals surface area contributed by atoms with Crippen molar-refractivity contribution in [1.29, 1.82) is 0 Å². The molecule has 0 radical (unpaired) electrons. The van der Waals surface area contributed by atoms with Gasteiger partial charge in [0.05, 0.1) is 11.7 Å². The molecule has 3 rings (SSSR count). The summed E-state index contributed by atoms with van der Waals surface area (Å²) in [5.41, 5.74) is 2.88. The number of thioether (sulfide) groups is 1. The SMILES string of the molecule is Cc1ccccc1SCC(=O)N1Cc2ccccc2C(C(=O)O)C1. The van der Waals surface area contributed by atoms with E-state index in [0.717, 1.165) is 21.6 Å². The maximum Gasteiger partial charge on any atom is 0.312 e. The Labute approximate surface area is 145 Å². The third-order valence-corrected chi connectivity index (χ3v) is 5.45. The number of hydrogen-bond donors (Lipinski definition) is 1. The lowest BCUT2D eigenvalue weighted by Crippen LogP contribution is -2.41. The Morgan fingerprint density at radius 1 is 1.17 bits per heavy atom. The predicted molar refractivity (Wildman–Crippen MR) is 94.1 cm³/mol. The van der Waals surface area contributed by atoms with Crippen LogP contribution in [0.2, 0.25) is 0 Å². The Morgan fingerprint density at radius 2 is 1.88 bits per heavy atom. The van der Waals surface area contributed by atoms with Crippen molar-refractivity contribution in [2.45, 2.75) is 24.3 Å². The highest BCUT2D eigenvalue weighted by Crippen LogP contribution is 2.29. The molecule has 1 amide bonds. The van der Waals surface area contributed by atoms with E-state index in [9.17, 15) is 14.7 Å². The summed E-state index contributed by atoms with van der Waals surface area (Å²) in [6.07, 6.45) is 0. The Bertz CT molecular complexity index is 775. The van der Waals surface area contributed by atoms with Crippen molar-refractivity contribution in [3.63, 3.8) is 0 Å². The first kappa shape index (κ1) is 16.6. The van der Waals surface area contributed by atoms with E-state index in [1.165, 1.54) is 11.8 Å². The molecule has 24 heavy (non-hydrogen) atoms. The standard InChI is InChI=1S/C19H19NO3S/c1-13-6-2-5-9-17(13)24-12-18(21)20-10-14-7-3-4-8-15(14)16(11-20)19(22)23/h2-9,16H,10-12H2,1H3,(H,22,23). The van der Waals surface area contributed by atoms with Gasteiger partial charge in [-0.3, -0.25) is 9.59 Å². The summed E-state index contributed by atoms with van der Waals surface area (Å²) in [6.45, 7) is 2.73. The fourth-order valence-electron chi connectivity index (χ4n) is 2.96. The van der Waals surface area contributed by atoms with Crippen LogP contribution >= 0.6 is 11.8 Å². The van der Waals surface area contributed by atoms with Crippen molar-refractivity contribution in [2.75, 3.05) is 12.3 Å². The molecule has 1 unspecified atom stereocenters. The normalized spacial score (nSPS) is 16.5. The minimum Gasteiger partial charge on any atom is -0.481 e. The van der Waals surface area contributed by atoms with Gasteiger partial charge in [-0.15, -0.1) is 11.8 Å². The van der Waals surface area contributed by atoms with E-state index in [1.807, 2.05) is 55.5 Å². The summed E-state index contributed by atoms with van der Waals surface area (Å²) in [4.78, 5) is 26.9. The molecule has 0 spiro atoms. The van der Waals surface area contributed by atoms with Crippen LogP contribution in [-0.2, 0) is 16.1 Å². The zero-order valence-corrected chi connectivity index (χ0v) is 14.3. The summed E-state index contributed by atoms with van der Waals surface area (Å²) >= 11 is 1.50. The maximum absolute atomic E-state index is 12.6. The zero-order chi connectivity index (χ0) is 17.1. The van der Waals surface area contributed by atoms with E-state index >= 15 is 0 Å². The van der Waals surface area contributed by atoms with Crippen molar-refractivity contribution in [1.82, 2.24) is 4.90 Å². The molecular weight excluding hydrogens is 322 g/mol. The number of carbonyl (C=O) groups excluding carboxylic acids is 1. The van der Waals surface area contributed by atoms with E-state index < -0.39 is 11.9 Å². The second kappa shape index (κ2) is 7.09. The van der Waals surface area contributed by atoms with Gasteiger partial charge in [-0.05, 0) is 29.7 Å². The number of carboxylic acid groups (broad SMARTS) is 1. The molecule has 0 fully saturated rings. The molecule has 1 heterocycles. The first-order valence-electron chi connectivity index (χ1n) is 7.83. The number of benzene rings is 2. The number of aryl methyl sites for hydroxylation is 1. The molecule has 1 atom stereocenters. The Kier molecular flexibility index (Phi) is 4.90. The molecule has 2 aromatic carbocycles. The highest BCUT2D eigenvalue weighted by molar-refractivity contribution is 8.00. The number of nitrogens with zero attached hydrogens (tertiary/aromatic N) is 1. The van der Waals surface area contributed by atoms with E-state index in [1.54, 1.807) is 4.90 Å². The van der Waals surface area contributed by atoms with Crippen molar-refractivity contribution < 1.29 is 14.7 Å². The number of carboxylic acids is 1. The van der Waals surface area contributed by atoms with E-state index in [0.29, 0.717) is 12.3 Å². The van der Waals surface area contributed by atoms with Gasteiger partial charge >= 0.3 is 5.97 Å². The molecule has 1 aliphatic rings. The highest BCUT2D eigenvalue weighted by atomic mass is 32.2. The molecule has 2 aromatic rings. The third kappa shape index (κ3) is 3.46. The number of amides is 1. The number of carbonyl (C=O) groups is 2. The van der Waals surface area contributed by atoms with Crippen LogP contribution in [0, 0.1) is 6.92 Å². The summed E-state index contributed by atoms with van der Waals surface area (Å²) in [7, 11) is 0. The summed E-state index contributed by atoms with van der Waals surface area (Å²) in [6, 6.07) is 15.4. The molecule has 124 valence electrons. The van der Waals surface area contributed by atoms with Crippen LogP contribution in [0.5, 0.6) is 0 Å². The smallest absolute Gasteiger partial charge is 0.312 e. The Balaban J connectivity index is 1.72. The number of aliphatic carboxylic acids is 1. The number of fused-ring (bicyclic) bond motifs is 1. The van der Waals surface area contributed by atoms with Crippen molar-refractivity contribution >= 4 is 23.6 Å². The Hall–Kier alpha value is -2.27. The monoisotopic (exact) mass is 341 g/mol. The van der Waals surface area contributed by atoms with Gasteiger partial charge in [0.2, 0.25) is 5.91 Å². The summed E-state index contributed by atoms with van der Waals surface area (Å²) in [5, 5.41) is 9.49. The molecule has 0 bridgehead atoms. The van der Waals surface area contributed by atoms with E-state index in [2.05, 4.69) is 0 Å². The average molecular weight is 341 g/mol. The summed E-state index contributed by atoms with van der Waals surface area (Å²) < 4.78 is 0. The van der Waals surface area contributed by atoms with Crippen LogP contribution in [0.25, 0.3) is 0 Å². The van der Waals surface area contributed by atoms with Gasteiger partial charge in [0.1, 0.15) is 0 Å². The topological polar surface area (TPSA) is 57.6 Å². The molecule has 0 aliphatic carbocycles. The van der Waals surface area contributed by atoms with Crippen molar-refractivity contribution in [3.8, 4) is 0 Å².